The van der Waals surface area contributed by atoms with Gasteiger partial charge in [-0.05, 0) is 63.5 Å². The van der Waals surface area contributed by atoms with Crippen LogP contribution in [0, 0.1) is 13.8 Å². The lowest BCUT2D eigenvalue weighted by Gasteiger charge is -2.32. The van der Waals surface area contributed by atoms with Crippen molar-refractivity contribution in [3.63, 3.8) is 0 Å². The number of aromatic carboxylic acids is 1. The number of hydrogen-bond donors (Lipinski definition) is 2. The third kappa shape index (κ3) is 4.51. The van der Waals surface area contributed by atoms with E-state index < -0.39 is 5.97 Å². The molecule has 29 heavy (non-hydrogen) atoms. The maximum atomic E-state index is 11.2. The Balaban J connectivity index is 1.43. The van der Waals surface area contributed by atoms with Gasteiger partial charge < -0.3 is 10.1 Å². The van der Waals surface area contributed by atoms with Crippen LogP contribution in [0.4, 0.5) is 0 Å². The van der Waals surface area contributed by atoms with Gasteiger partial charge >= 0.3 is 5.97 Å². The van der Waals surface area contributed by atoms with Crippen molar-refractivity contribution < 1.29 is 9.90 Å². The molecule has 1 aliphatic heterocycles. The van der Waals surface area contributed by atoms with E-state index in [1.54, 1.807) is 12.1 Å². The third-order valence-electron chi connectivity index (χ3n) is 5.39. The number of aromatic nitrogens is 4. The predicted molar refractivity (Wildman–Crippen MR) is 110 cm³/mol. The molecule has 0 radical (unpaired) electrons. The Hall–Kier alpha value is -3.06. The SMILES string of the molecule is Cc1nc(-c2ncc(C)[nH]2)cc(C2CCN(Cc3cccc(C(=O)O)c3)CC2)n1. The van der Waals surface area contributed by atoms with Crippen LogP contribution in [0.2, 0.25) is 0 Å². The average molecular weight is 391 g/mol. The number of imidazole rings is 1. The van der Waals surface area contributed by atoms with Crippen LogP contribution in [-0.2, 0) is 6.54 Å². The number of aromatic amines is 1. The number of nitrogens with zero attached hydrogens (tertiary/aromatic N) is 4. The zero-order valence-corrected chi connectivity index (χ0v) is 16.7. The molecule has 0 spiro atoms. The molecule has 4 rings (SSSR count). The highest BCUT2D eigenvalue weighted by molar-refractivity contribution is 5.87. The number of rotatable bonds is 5. The van der Waals surface area contributed by atoms with E-state index in [-0.39, 0.29) is 0 Å². The third-order valence-corrected chi connectivity index (χ3v) is 5.39. The minimum absolute atomic E-state index is 0.342. The number of benzene rings is 1. The van der Waals surface area contributed by atoms with Crippen LogP contribution in [-0.4, -0.2) is 49.0 Å². The summed E-state index contributed by atoms with van der Waals surface area (Å²) in [6, 6.07) is 9.26. The fourth-order valence-corrected chi connectivity index (χ4v) is 3.91. The summed E-state index contributed by atoms with van der Waals surface area (Å²) in [7, 11) is 0. The van der Waals surface area contributed by atoms with Gasteiger partial charge in [-0.3, -0.25) is 4.90 Å². The van der Waals surface area contributed by atoms with E-state index in [1.807, 2.05) is 32.2 Å². The molecule has 0 atom stereocenters. The second kappa shape index (κ2) is 8.13. The molecule has 7 heteroatoms. The molecule has 3 heterocycles. The van der Waals surface area contributed by atoms with Crippen LogP contribution in [0.5, 0.6) is 0 Å². The van der Waals surface area contributed by atoms with Gasteiger partial charge in [-0.25, -0.2) is 19.7 Å². The van der Waals surface area contributed by atoms with Crippen molar-refractivity contribution >= 4 is 5.97 Å². The Morgan fingerprint density at radius 1 is 1.21 bits per heavy atom. The van der Waals surface area contributed by atoms with Crippen LogP contribution in [0.15, 0.2) is 36.5 Å². The van der Waals surface area contributed by atoms with Crippen molar-refractivity contribution in [2.24, 2.45) is 0 Å². The van der Waals surface area contributed by atoms with Crippen molar-refractivity contribution in [3.8, 4) is 11.5 Å². The Bertz CT molecular complexity index is 1020. The predicted octanol–water partition coefficient (Wildman–Crippen LogP) is 3.56. The Labute approximate surface area is 169 Å². The summed E-state index contributed by atoms with van der Waals surface area (Å²) in [5.74, 6) is 1.06. The van der Waals surface area contributed by atoms with E-state index in [0.29, 0.717) is 11.5 Å². The zero-order valence-electron chi connectivity index (χ0n) is 16.7. The van der Waals surface area contributed by atoms with Crippen LogP contribution in [0.1, 0.15) is 51.9 Å². The van der Waals surface area contributed by atoms with Gasteiger partial charge in [0, 0.05) is 30.0 Å². The number of hydrogen-bond acceptors (Lipinski definition) is 5. The molecule has 150 valence electrons. The number of carboxylic acid groups (broad SMARTS) is 1. The minimum atomic E-state index is -0.882. The summed E-state index contributed by atoms with van der Waals surface area (Å²) in [6.45, 7) is 6.59. The van der Waals surface area contributed by atoms with E-state index >= 15 is 0 Å². The van der Waals surface area contributed by atoms with Crippen molar-refractivity contribution in [1.82, 2.24) is 24.8 Å². The molecule has 3 aromatic rings. The number of likely N-dealkylation sites (tertiary alicyclic amines) is 1. The second-order valence-corrected chi connectivity index (χ2v) is 7.70. The highest BCUT2D eigenvalue weighted by atomic mass is 16.4. The summed E-state index contributed by atoms with van der Waals surface area (Å²) >= 11 is 0. The largest absolute Gasteiger partial charge is 0.478 e. The summed E-state index contributed by atoms with van der Waals surface area (Å²) in [6.07, 6.45) is 3.85. The highest BCUT2D eigenvalue weighted by Crippen LogP contribution is 2.29. The van der Waals surface area contributed by atoms with E-state index in [4.69, 9.17) is 4.98 Å². The summed E-state index contributed by atoms with van der Waals surface area (Å²) in [5.41, 5.74) is 4.31. The number of nitrogens with one attached hydrogen (secondary N) is 1. The molecule has 0 aliphatic carbocycles. The highest BCUT2D eigenvalue weighted by Gasteiger charge is 2.23. The van der Waals surface area contributed by atoms with E-state index in [9.17, 15) is 9.90 Å². The number of aryl methyl sites for hydroxylation is 2. The maximum Gasteiger partial charge on any atom is 0.335 e. The summed E-state index contributed by atoms with van der Waals surface area (Å²) in [5, 5.41) is 9.17. The molecule has 1 saturated heterocycles. The van der Waals surface area contributed by atoms with Gasteiger partial charge in [-0.15, -0.1) is 0 Å². The molecule has 7 nitrogen and oxygen atoms in total. The van der Waals surface area contributed by atoms with Crippen LogP contribution in [0.3, 0.4) is 0 Å². The first-order chi connectivity index (χ1) is 14.0. The monoisotopic (exact) mass is 391 g/mol. The molecule has 0 bridgehead atoms. The second-order valence-electron chi connectivity index (χ2n) is 7.70. The number of piperidine rings is 1. The van der Waals surface area contributed by atoms with E-state index in [2.05, 4.69) is 25.9 Å². The first-order valence-corrected chi connectivity index (χ1v) is 9.90. The lowest BCUT2D eigenvalue weighted by atomic mass is 9.92. The fourth-order valence-electron chi connectivity index (χ4n) is 3.91. The first kappa shape index (κ1) is 19.3. The normalized spacial score (nSPS) is 15.5. The maximum absolute atomic E-state index is 11.2. The van der Waals surface area contributed by atoms with Gasteiger partial charge in [0.2, 0.25) is 0 Å². The summed E-state index contributed by atoms with van der Waals surface area (Å²) < 4.78 is 0. The lowest BCUT2D eigenvalue weighted by molar-refractivity contribution is 0.0696. The van der Waals surface area contributed by atoms with Gasteiger partial charge in [0.25, 0.3) is 0 Å². The lowest BCUT2D eigenvalue weighted by Crippen LogP contribution is -2.32. The van der Waals surface area contributed by atoms with Gasteiger partial charge in [0.1, 0.15) is 11.5 Å². The van der Waals surface area contributed by atoms with Gasteiger partial charge in [0.05, 0.1) is 5.56 Å². The molecule has 1 fully saturated rings. The van der Waals surface area contributed by atoms with Gasteiger partial charge in [0.15, 0.2) is 5.82 Å². The van der Waals surface area contributed by atoms with Crippen LogP contribution in [0.25, 0.3) is 11.5 Å². The Morgan fingerprint density at radius 3 is 2.69 bits per heavy atom. The van der Waals surface area contributed by atoms with Crippen molar-refractivity contribution in [2.75, 3.05) is 13.1 Å². The van der Waals surface area contributed by atoms with Crippen molar-refractivity contribution in [1.29, 1.82) is 0 Å². The molecule has 2 aromatic heterocycles. The minimum Gasteiger partial charge on any atom is -0.478 e. The average Bonchev–Trinajstić information content (AvgIpc) is 3.15. The van der Waals surface area contributed by atoms with Crippen LogP contribution < -0.4 is 0 Å². The number of carboxylic acids is 1. The molecular formula is C22H25N5O2. The molecule has 1 aromatic carbocycles. The topological polar surface area (TPSA) is 95.0 Å². The van der Waals surface area contributed by atoms with E-state index in [0.717, 1.165) is 66.8 Å². The molecule has 0 saturated carbocycles. The Morgan fingerprint density at radius 2 is 2.00 bits per heavy atom. The number of H-pyrrole nitrogens is 1. The molecule has 0 amide bonds. The van der Waals surface area contributed by atoms with Crippen molar-refractivity contribution in [3.05, 3.63) is 64.9 Å². The van der Waals surface area contributed by atoms with E-state index in [1.165, 1.54) is 0 Å². The zero-order chi connectivity index (χ0) is 20.4. The number of carbonyl (C=O) groups is 1. The fraction of sp³-hybridized carbons (Fsp3) is 0.364. The molecular weight excluding hydrogens is 366 g/mol. The van der Waals surface area contributed by atoms with Gasteiger partial charge in [-0.2, -0.15) is 0 Å². The first-order valence-electron chi connectivity index (χ1n) is 9.90. The van der Waals surface area contributed by atoms with Gasteiger partial charge in [-0.1, -0.05) is 12.1 Å². The van der Waals surface area contributed by atoms with Crippen LogP contribution >= 0.6 is 0 Å². The summed E-state index contributed by atoms with van der Waals surface area (Å²) in [4.78, 5) is 30.4. The van der Waals surface area contributed by atoms with Crippen molar-refractivity contribution in [2.45, 2.75) is 39.2 Å². The molecule has 2 N–H and O–H groups in total. The smallest absolute Gasteiger partial charge is 0.335 e. The Kier molecular flexibility index (Phi) is 5.40. The quantitative estimate of drug-likeness (QED) is 0.690. The molecule has 1 aliphatic rings. The molecule has 0 unspecified atom stereocenters. The standard InChI is InChI=1S/C22H25N5O2/c1-14-12-23-21(24-14)20-11-19(25-15(2)26-20)17-6-8-27(9-7-17)13-16-4-3-5-18(10-16)22(28)29/h3-5,10-12,17H,6-9,13H2,1-2H3,(H,23,24)(H,28,29).